The molecule has 3 N–H and O–H groups in total. The number of carbonyl (C=O) groups excluding carboxylic acids is 2. The van der Waals surface area contributed by atoms with E-state index in [1.54, 1.807) is 6.92 Å². The van der Waals surface area contributed by atoms with Crippen LogP contribution in [-0.2, 0) is 9.53 Å². The number of rotatable bonds is 8. The van der Waals surface area contributed by atoms with Gasteiger partial charge in [-0.2, -0.15) is 0 Å². The summed E-state index contributed by atoms with van der Waals surface area (Å²) >= 11 is 0. The summed E-state index contributed by atoms with van der Waals surface area (Å²) in [4.78, 5) is 36.7. The summed E-state index contributed by atoms with van der Waals surface area (Å²) in [6.07, 6.45) is -0.0626. The minimum Gasteiger partial charge on any atom is -0.480 e. The minimum atomic E-state index is -1.19. The Hall–Kier alpha value is -4.20. The average molecular weight is 477 g/mol. The van der Waals surface area contributed by atoms with Gasteiger partial charge in [-0.25, -0.2) is 14.0 Å². The highest BCUT2D eigenvalue weighted by molar-refractivity contribution is 6.03. The molecule has 3 aromatic rings. The average Bonchev–Trinajstić information content (AvgIpc) is 3.17. The Kier molecular flexibility index (Phi) is 7.10. The van der Waals surface area contributed by atoms with E-state index in [1.165, 1.54) is 6.07 Å². The molecule has 35 heavy (non-hydrogen) atoms. The van der Waals surface area contributed by atoms with Crippen molar-refractivity contribution in [2.24, 2.45) is 0 Å². The van der Waals surface area contributed by atoms with E-state index in [9.17, 15) is 23.9 Å². The number of anilines is 1. The van der Waals surface area contributed by atoms with Crippen LogP contribution in [0.1, 0.15) is 47.2 Å². The second-order valence-electron chi connectivity index (χ2n) is 8.29. The molecule has 1 aliphatic carbocycles. The third-order valence-corrected chi connectivity index (χ3v) is 5.99. The molecule has 0 radical (unpaired) electrons. The molecule has 180 valence electrons. The highest BCUT2D eigenvalue weighted by Crippen LogP contribution is 2.44. The highest BCUT2D eigenvalue weighted by atomic mass is 19.1. The van der Waals surface area contributed by atoms with Crippen molar-refractivity contribution in [2.75, 3.05) is 11.9 Å². The van der Waals surface area contributed by atoms with Crippen LogP contribution in [0.2, 0.25) is 0 Å². The summed E-state index contributed by atoms with van der Waals surface area (Å²) in [5.74, 6) is -2.84. The summed E-state index contributed by atoms with van der Waals surface area (Å²) in [5, 5.41) is 14.2. The van der Waals surface area contributed by atoms with Crippen molar-refractivity contribution in [3.63, 3.8) is 0 Å². The zero-order valence-corrected chi connectivity index (χ0v) is 19.1. The number of carboxylic acid groups (broad SMARTS) is 1. The molecule has 0 aromatic heterocycles. The fraction of sp³-hybridized carbons (Fsp3) is 0.222. The molecule has 0 unspecified atom stereocenters. The lowest BCUT2D eigenvalue weighted by Gasteiger charge is -2.17. The van der Waals surface area contributed by atoms with Gasteiger partial charge in [0.1, 0.15) is 18.5 Å². The third-order valence-electron chi connectivity index (χ3n) is 5.99. The fourth-order valence-electron chi connectivity index (χ4n) is 4.34. The zero-order chi connectivity index (χ0) is 24.9. The molecule has 0 saturated heterocycles. The van der Waals surface area contributed by atoms with Crippen LogP contribution in [0.4, 0.5) is 14.9 Å². The Morgan fingerprint density at radius 2 is 1.63 bits per heavy atom. The summed E-state index contributed by atoms with van der Waals surface area (Å²) in [7, 11) is 0. The molecule has 8 heteroatoms. The van der Waals surface area contributed by atoms with Gasteiger partial charge in [-0.3, -0.25) is 10.1 Å². The van der Waals surface area contributed by atoms with Crippen LogP contribution in [0.5, 0.6) is 0 Å². The molecule has 2 amide bonds. The first-order chi connectivity index (χ1) is 16.9. The predicted molar refractivity (Wildman–Crippen MR) is 129 cm³/mol. The maximum absolute atomic E-state index is 13.9. The normalized spacial score (nSPS) is 12.9. The summed E-state index contributed by atoms with van der Waals surface area (Å²) in [5.41, 5.74) is 4.12. The SMILES string of the molecule is CCC[C@H](NC(=O)c1cc(F)ccc1NC(=O)OCC1c2ccccc2-c2ccccc21)C(=O)O. The number of ether oxygens (including phenoxy) is 1. The summed E-state index contributed by atoms with van der Waals surface area (Å²) in [6.45, 7) is 1.86. The molecule has 1 atom stereocenters. The van der Waals surface area contributed by atoms with Gasteiger partial charge in [-0.05, 0) is 46.9 Å². The number of halogens is 1. The number of fused-ring (bicyclic) bond motifs is 3. The largest absolute Gasteiger partial charge is 0.480 e. The topological polar surface area (TPSA) is 105 Å². The van der Waals surface area contributed by atoms with Gasteiger partial charge in [0.25, 0.3) is 5.91 Å². The van der Waals surface area contributed by atoms with Gasteiger partial charge in [0.15, 0.2) is 0 Å². The van der Waals surface area contributed by atoms with E-state index in [-0.39, 0.29) is 30.2 Å². The van der Waals surface area contributed by atoms with Gasteiger partial charge in [0.2, 0.25) is 0 Å². The van der Waals surface area contributed by atoms with Crippen LogP contribution in [-0.4, -0.2) is 35.7 Å². The first-order valence-electron chi connectivity index (χ1n) is 11.3. The van der Waals surface area contributed by atoms with Crippen molar-refractivity contribution in [1.82, 2.24) is 5.32 Å². The van der Waals surface area contributed by atoms with Crippen molar-refractivity contribution in [2.45, 2.75) is 31.7 Å². The Morgan fingerprint density at radius 3 is 2.23 bits per heavy atom. The van der Waals surface area contributed by atoms with Crippen LogP contribution in [0.25, 0.3) is 11.1 Å². The van der Waals surface area contributed by atoms with E-state index in [2.05, 4.69) is 10.6 Å². The first-order valence-corrected chi connectivity index (χ1v) is 11.3. The Balaban J connectivity index is 1.48. The number of amides is 2. The Morgan fingerprint density at radius 1 is 1.00 bits per heavy atom. The van der Waals surface area contributed by atoms with Gasteiger partial charge in [-0.1, -0.05) is 61.9 Å². The van der Waals surface area contributed by atoms with E-state index in [4.69, 9.17) is 4.74 Å². The van der Waals surface area contributed by atoms with E-state index in [1.807, 2.05) is 48.5 Å². The number of nitrogens with one attached hydrogen (secondary N) is 2. The minimum absolute atomic E-state index is 0.0155. The highest BCUT2D eigenvalue weighted by Gasteiger charge is 2.29. The second-order valence-corrected chi connectivity index (χ2v) is 8.29. The Bertz CT molecular complexity index is 1230. The van der Waals surface area contributed by atoms with Crippen LogP contribution in [0, 0.1) is 5.82 Å². The molecule has 0 spiro atoms. The predicted octanol–water partition coefficient (Wildman–Crippen LogP) is 5.17. The van der Waals surface area contributed by atoms with E-state index < -0.39 is 29.8 Å². The zero-order valence-electron chi connectivity index (χ0n) is 19.1. The molecule has 4 rings (SSSR count). The molecular weight excluding hydrogens is 451 g/mol. The molecule has 0 fully saturated rings. The number of carbonyl (C=O) groups is 3. The van der Waals surface area contributed by atoms with Crippen LogP contribution in [0.3, 0.4) is 0 Å². The Labute approximate surface area is 201 Å². The summed E-state index contributed by atoms with van der Waals surface area (Å²) in [6, 6.07) is 18.0. The van der Waals surface area contributed by atoms with E-state index in [0.717, 1.165) is 34.4 Å². The number of benzene rings is 3. The van der Waals surface area contributed by atoms with Crippen molar-refractivity contribution < 1.29 is 28.6 Å². The monoisotopic (exact) mass is 476 g/mol. The lowest BCUT2D eigenvalue weighted by molar-refractivity contribution is -0.139. The van der Waals surface area contributed by atoms with Crippen molar-refractivity contribution in [3.05, 3.63) is 89.2 Å². The molecule has 1 aliphatic rings. The molecular formula is C27H25FN2O5. The maximum atomic E-state index is 13.9. The van der Waals surface area contributed by atoms with Gasteiger partial charge >= 0.3 is 12.1 Å². The fourth-order valence-corrected chi connectivity index (χ4v) is 4.34. The van der Waals surface area contributed by atoms with E-state index >= 15 is 0 Å². The van der Waals surface area contributed by atoms with Crippen LogP contribution >= 0.6 is 0 Å². The molecule has 0 saturated carbocycles. The number of hydrogen-bond acceptors (Lipinski definition) is 4. The lowest BCUT2D eigenvalue weighted by Crippen LogP contribution is -2.41. The van der Waals surface area contributed by atoms with Crippen LogP contribution < -0.4 is 10.6 Å². The first kappa shape index (κ1) is 23.9. The molecule has 7 nitrogen and oxygen atoms in total. The number of carboxylic acids is 1. The second kappa shape index (κ2) is 10.4. The van der Waals surface area contributed by atoms with Gasteiger partial charge in [0.05, 0.1) is 11.3 Å². The van der Waals surface area contributed by atoms with Gasteiger partial charge in [-0.15, -0.1) is 0 Å². The molecule has 3 aromatic carbocycles. The van der Waals surface area contributed by atoms with E-state index in [0.29, 0.717) is 6.42 Å². The molecule has 0 bridgehead atoms. The standard InChI is InChI=1S/C27H25FN2O5/c1-2-7-24(26(32)33)29-25(31)21-14-16(28)12-13-23(21)30-27(34)35-15-22-19-10-5-3-8-17(19)18-9-4-6-11-20(18)22/h3-6,8-14,22,24H,2,7,15H2,1H3,(H,29,31)(H,30,34)(H,32,33)/t24-/m0/s1. The van der Waals surface area contributed by atoms with Crippen molar-refractivity contribution >= 4 is 23.7 Å². The van der Waals surface area contributed by atoms with Crippen LogP contribution in [0.15, 0.2) is 66.7 Å². The maximum Gasteiger partial charge on any atom is 0.411 e. The molecule has 0 aliphatic heterocycles. The molecule has 0 heterocycles. The smallest absolute Gasteiger partial charge is 0.411 e. The third kappa shape index (κ3) is 5.16. The van der Waals surface area contributed by atoms with Gasteiger partial charge < -0.3 is 15.2 Å². The number of aliphatic carboxylic acids is 1. The summed E-state index contributed by atoms with van der Waals surface area (Å²) < 4.78 is 19.4. The van der Waals surface area contributed by atoms with Crippen molar-refractivity contribution in [1.29, 1.82) is 0 Å². The van der Waals surface area contributed by atoms with Gasteiger partial charge in [0, 0.05) is 5.92 Å². The van der Waals surface area contributed by atoms with Crippen molar-refractivity contribution in [3.8, 4) is 11.1 Å². The number of hydrogen-bond donors (Lipinski definition) is 3. The quantitative estimate of drug-likeness (QED) is 0.416. The lowest BCUT2D eigenvalue weighted by atomic mass is 9.98.